The monoisotopic (exact) mass is 314 g/mol. The van der Waals surface area contributed by atoms with Crippen molar-refractivity contribution in [3.05, 3.63) is 29.5 Å². The van der Waals surface area contributed by atoms with Crippen molar-refractivity contribution in [1.82, 2.24) is 10.3 Å². The molecule has 1 amide bonds. The molecule has 4 N–H and O–H groups in total. The highest BCUT2D eigenvalue weighted by Gasteiger charge is 2.26. The Labute approximate surface area is 135 Å². The third kappa shape index (κ3) is 2.38. The van der Waals surface area contributed by atoms with Gasteiger partial charge in [0.1, 0.15) is 0 Å². The number of primary amides is 1. The molecular formula is C17H22N4O2. The molecule has 122 valence electrons. The van der Waals surface area contributed by atoms with E-state index in [2.05, 4.69) is 28.3 Å². The summed E-state index contributed by atoms with van der Waals surface area (Å²) in [5.74, 6) is -0.0303. The normalized spacial score (nSPS) is 21.5. The van der Waals surface area contributed by atoms with Crippen LogP contribution < -0.4 is 16.0 Å². The topological polar surface area (TPSA) is 83.4 Å². The molecule has 0 radical (unpaired) electrons. The Kier molecular flexibility index (Phi) is 3.50. The predicted molar refractivity (Wildman–Crippen MR) is 90.1 cm³/mol. The molecule has 1 aromatic heterocycles. The van der Waals surface area contributed by atoms with Crippen LogP contribution in [0.2, 0.25) is 0 Å². The number of likely N-dealkylation sites (N-methyl/N-ethyl adjacent to an activating group) is 1. The van der Waals surface area contributed by atoms with Gasteiger partial charge in [-0.15, -0.1) is 0 Å². The predicted octanol–water partition coefficient (Wildman–Crippen LogP) is 1.18. The van der Waals surface area contributed by atoms with Crippen molar-refractivity contribution in [1.29, 1.82) is 0 Å². The summed E-state index contributed by atoms with van der Waals surface area (Å²) in [6.45, 7) is 3.51. The number of nitrogens with two attached hydrogens (primary N) is 1. The minimum Gasteiger partial charge on any atom is -0.381 e. The Morgan fingerprint density at radius 2 is 2.22 bits per heavy atom. The second-order valence-electron chi connectivity index (χ2n) is 6.49. The fraction of sp³-hybridized carbons (Fsp3) is 0.471. The first-order valence-corrected chi connectivity index (χ1v) is 8.12. The molecule has 0 saturated carbocycles. The van der Waals surface area contributed by atoms with Gasteiger partial charge in [0.15, 0.2) is 0 Å². The van der Waals surface area contributed by atoms with Gasteiger partial charge in [0.25, 0.3) is 5.91 Å². The summed E-state index contributed by atoms with van der Waals surface area (Å²) in [4.78, 5) is 17.5. The molecule has 1 unspecified atom stereocenters. The number of hydrogen-bond donors (Lipinski definition) is 3. The van der Waals surface area contributed by atoms with Crippen LogP contribution in [0.3, 0.4) is 0 Å². The van der Waals surface area contributed by atoms with E-state index in [1.54, 1.807) is 0 Å². The number of aromatic amines is 1. The number of carbonyl (C=O) groups is 1. The second kappa shape index (κ2) is 5.54. The average molecular weight is 314 g/mol. The smallest absolute Gasteiger partial charge is 0.250 e. The lowest BCUT2D eigenvalue weighted by molar-refractivity contribution is 0.100. The van der Waals surface area contributed by atoms with E-state index < -0.39 is 5.91 Å². The molecule has 2 aliphatic heterocycles. The number of fused-ring (bicyclic) bond motifs is 1. The molecule has 23 heavy (non-hydrogen) atoms. The number of hydrogen-bond acceptors (Lipinski definition) is 4. The first-order valence-electron chi connectivity index (χ1n) is 8.12. The summed E-state index contributed by atoms with van der Waals surface area (Å²) >= 11 is 0. The van der Waals surface area contributed by atoms with Crippen LogP contribution in [0.5, 0.6) is 0 Å². The fourth-order valence-corrected chi connectivity index (χ4v) is 3.48. The molecule has 6 heteroatoms. The maximum absolute atomic E-state index is 11.8. The minimum atomic E-state index is -0.398. The number of nitrogens with zero attached hydrogens (tertiary/aromatic N) is 1. The number of ether oxygens (including phenoxy) is 1. The van der Waals surface area contributed by atoms with Crippen LogP contribution in [0.25, 0.3) is 10.9 Å². The number of rotatable bonds is 4. The Hall–Kier alpha value is -2.05. The molecular weight excluding hydrogens is 292 g/mol. The standard InChI is InChI=1S/C17H22N4O2/c1-21(11-7-19-8-11)15-3-2-12(17(18)22)16-13(15)6-14(20-16)10-4-5-23-9-10/h2-3,6,10-11,19-20H,4-5,7-9H2,1H3,(H2,18,22). The lowest BCUT2D eigenvalue weighted by Crippen LogP contribution is -2.56. The highest BCUT2D eigenvalue weighted by molar-refractivity contribution is 6.08. The van der Waals surface area contributed by atoms with E-state index in [9.17, 15) is 4.79 Å². The molecule has 2 saturated heterocycles. The quantitative estimate of drug-likeness (QED) is 0.791. The van der Waals surface area contributed by atoms with Gasteiger partial charge in [-0.25, -0.2) is 0 Å². The number of carbonyl (C=O) groups excluding carboxylic acids is 1. The maximum Gasteiger partial charge on any atom is 0.250 e. The van der Waals surface area contributed by atoms with Gasteiger partial charge in [0, 0.05) is 49.4 Å². The van der Waals surface area contributed by atoms with Crippen LogP contribution in [-0.2, 0) is 4.74 Å². The summed E-state index contributed by atoms with van der Waals surface area (Å²) in [5.41, 5.74) is 9.22. The fourth-order valence-electron chi connectivity index (χ4n) is 3.48. The number of aromatic nitrogens is 1. The third-order valence-corrected chi connectivity index (χ3v) is 5.11. The van der Waals surface area contributed by atoms with E-state index in [0.29, 0.717) is 17.5 Å². The summed E-state index contributed by atoms with van der Waals surface area (Å²) in [5, 5.41) is 4.37. The Morgan fingerprint density at radius 3 is 2.83 bits per heavy atom. The Balaban J connectivity index is 1.83. The molecule has 1 atom stereocenters. The van der Waals surface area contributed by atoms with Crippen LogP contribution in [0.15, 0.2) is 18.2 Å². The van der Waals surface area contributed by atoms with Crippen molar-refractivity contribution < 1.29 is 9.53 Å². The summed E-state index contributed by atoms with van der Waals surface area (Å²) < 4.78 is 5.50. The Morgan fingerprint density at radius 1 is 1.39 bits per heavy atom. The van der Waals surface area contributed by atoms with E-state index in [-0.39, 0.29) is 0 Å². The van der Waals surface area contributed by atoms with Crippen LogP contribution in [0, 0.1) is 0 Å². The van der Waals surface area contributed by atoms with E-state index >= 15 is 0 Å². The van der Waals surface area contributed by atoms with E-state index in [1.807, 2.05) is 12.1 Å². The molecule has 0 aliphatic carbocycles. The van der Waals surface area contributed by atoms with Crippen LogP contribution in [0.1, 0.15) is 28.4 Å². The van der Waals surface area contributed by atoms with Gasteiger partial charge in [0.05, 0.1) is 23.7 Å². The van der Waals surface area contributed by atoms with Crippen LogP contribution in [-0.4, -0.2) is 50.3 Å². The minimum absolute atomic E-state index is 0.367. The molecule has 0 bridgehead atoms. The van der Waals surface area contributed by atoms with Gasteiger partial charge in [-0.05, 0) is 24.6 Å². The largest absolute Gasteiger partial charge is 0.381 e. The summed E-state index contributed by atoms with van der Waals surface area (Å²) in [6, 6.07) is 6.49. The van der Waals surface area contributed by atoms with Crippen molar-refractivity contribution in [3.63, 3.8) is 0 Å². The zero-order valence-electron chi connectivity index (χ0n) is 13.3. The van der Waals surface area contributed by atoms with Gasteiger partial charge in [-0.1, -0.05) is 0 Å². The molecule has 2 aromatic rings. The SMILES string of the molecule is CN(c1ccc(C(N)=O)c2[nH]c(C3CCOC3)cc12)C1CNC1. The summed E-state index contributed by atoms with van der Waals surface area (Å²) in [6.07, 6.45) is 1.01. The first-order chi connectivity index (χ1) is 11.1. The van der Waals surface area contributed by atoms with Crippen molar-refractivity contribution in [2.75, 3.05) is 38.3 Å². The molecule has 3 heterocycles. The molecule has 6 nitrogen and oxygen atoms in total. The van der Waals surface area contributed by atoms with Crippen LogP contribution in [0.4, 0.5) is 5.69 Å². The van der Waals surface area contributed by atoms with Crippen LogP contribution >= 0.6 is 0 Å². The van der Waals surface area contributed by atoms with Crippen molar-refractivity contribution in [2.24, 2.45) is 5.73 Å². The van der Waals surface area contributed by atoms with E-state index in [1.165, 1.54) is 0 Å². The number of benzene rings is 1. The zero-order chi connectivity index (χ0) is 16.0. The summed E-state index contributed by atoms with van der Waals surface area (Å²) in [7, 11) is 2.11. The van der Waals surface area contributed by atoms with Gasteiger partial charge in [-0.2, -0.15) is 0 Å². The third-order valence-electron chi connectivity index (χ3n) is 5.11. The maximum atomic E-state index is 11.8. The molecule has 0 spiro atoms. The molecule has 2 fully saturated rings. The first kappa shape index (κ1) is 14.5. The lowest BCUT2D eigenvalue weighted by Gasteiger charge is -2.37. The van der Waals surface area contributed by atoms with Gasteiger partial charge in [-0.3, -0.25) is 4.79 Å². The highest BCUT2D eigenvalue weighted by atomic mass is 16.5. The van der Waals surface area contributed by atoms with E-state index in [4.69, 9.17) is 10.5 Å². The highest BCUT2D eigenvalue weighted by Crippen LogP contribution is 2.35. The average Bonchev–Trinajstić information content (AvgIpc) is 3.12. The van der Waals surface area contributed by atoms with Crippen molar-refractivity contribution in [2.45, 2.75) is 18.4 Å². The number of amides is 1. The number of H-pyrrole nitrogens is 1. The Bertz CT molecular complexity index is 744. The van der Waals surface area contributed by atoms with Crippen molar-refractivity contribution in [3.8, 4) is 0 Å². The zero-order valence-corrected chi connectivity index (χ0v) is 13.3. The lowest BCUT2D eigenvalue weighted by atomic mass is 10.0. The number of anilines is 1. The molecule has 2 aliphatic rings. The molecule has 1 aromatic carbocycles. The van der Waals surface area contributed by atoms with Gasteiger partial charge < -0.3 is 25.7 Å². The molecule has 4 rings (SSSR count). The van der Waals surface area contributed by atoms with Gasteiger partial charge >= 0.3 is 0 Å². The van der Waals surface area contributed by atoms with Gasteiger partial charge in [0.2, 0.25) is 0 Å². The second-order valence-corrected chi connectivity index (χ2v) is 6.49. The van der Waals surface area contributed by atoms with Crippen molar-refractivity contribution >= 4 is 22.5 Å². The van der Waals surface area contributed by atoms with E-state index in [0.717, 1.165) is 55.0 Å². The number of nitrogens with one attached hydrogen (secondary N) is 2.